The summed E-state index contributed by atoms with van der Waals surface area (Å²) in [4.78, 5) is 11.4. The molecule has 7 nitrogen and oxygen atoms in total. The van der Waals surface area contributed by atoms with Gasteiger partial charge >= 0.3 is 5.97 Å². The number of nitrogens with one attached hydrogen (secondary N) is 1. The monoisotopic (exact) mass is 311 g/mol. The van der Waals surface area contributed by atoms with Crippen molar-refractivity contribution in [1.82, 2.24) is 0 Å². The Hall–Kier alpha value is -1.96. The molecule has 0 bridgehead atoms. The van der Waals surface area contributed by atoms with Gasteiger partial charge < -0.3 is 15.5 Å². The zero-order chi connectivity index (χ0) is 15.3. The fourth-order valence-electron chi connectivity index (χ4n) is 3.14. The van der Waals surface area contributed by atoms with Gasteiger partial charge in [-0.15, -0.1) is 5.23 Å². The van der Waals surface area contributed by atoms with Gasteiger partial charge in [0, 0.05) is 23.1 Å². The average Bonchev–Trinajstić information content (AvgIpc) is 2.86. The number of halogens is 1. The number of fused-ring (bicyclic) bond motifs is 3. The molecule has 1 heterocycles. The molecule has 4 N–H and O–H groups in total. The molecular weight excluding hydrogens is 300 g/mol. The first-order valence-electron chi connectivity index (χ1n) is 6.29. The molecule has 0 saturated carbocycles. The van der Waals surface area contributed by atoms with Crippen LogP contribution < -0.4 is 15.6 Å². The normalized spacial score (nSPS) is 26.0. The zero-order valence-electron chi connectivity index (χ0n) is 10.7. The maximum atomic E-state index is 12.1. The van der Waals surface area contributed by atoms with Crippen LogP contribution >= 0.6 is 11.6 Å². The number of anilines is 2. The van der Waals surface area contributed by atoms with Crippen molar-refractivity contribution in [2.24, 2.45) is 5.92 Å². The number of hydrogen-bond acceptors (Lipinski definition) is 6. The van der Waals surface area contributed by atoms with Crippen molar-refractivity contribution < 1.29 is 25.4 Å². The van der Waals surface area contributed by atoms with Gasteiger partial charge in [0.05, 0.1) is 5.02 Å². The molecule has 8 heteroatoms. The SMILES string of the molecule is O=C(O)[C@@H]1Nc2c([O-])cc(Cl)c(N(O)O)c2[C@H]2C=CC[C@H]21. The summed E-state index contributed by atoms with van der Waals surface area (Å²) in [6, 6.07) is 0.116. The topological polar surface area (TPSA) is 116 Å². The molecule has 1 aliphatic carbocycles. The van der Waals surface area contributed by atoms with Gasteiger partial charge in [-0.3, -0.25) is 10.4 Å². The lowest BCUT2D eigenvalue weighted by molar-refractivity contribution is -0.267. The van der Waals surface area contributed by atoms with Crippen LogP contribution in [0.15, 0.2) is 18.2 Å². The Labute approximate surface area is 124 Å². The molecule has 112 valence electrons. The Balaban J connectivity index is 2.24. The highest BCUT2D eigenvalue weighted by Crippen LogP contribution is 2.52. The van der Waals surface area contributed by atoms with E-state index >= 15 is 0 Å². The first kappa shape index (κ1) is 14.0. The van der Waals surface area contributed by atoms with Gasteiger partial charge in [0.25, 0.3) is 0 Å². The van der Waals surface area contributed by atoms with Crippen LogP contribution in [-0.2, 0) is 4.79 Å². The molecule has 2 aliphatic rings. The van der Waals surface area contributed by atoms with Gasteiger partial charge in [0.15, 0.2) is 0 Å². The number of benzene rings is 1. The predicted molar refractivity (Wildman–Crippen MR) is 72.0 cm³/mol. The minimum absolute atomic E-state index is 0.0442. The molecule has 21 heavy (non-hydrogen) atoms. The van der Waals surface area contributed by atoms with Crippen LogP contribution in [0.1, 0.15) is 17.9 Å². The quantitative estimate of drug-likeness (QED) is 0.483. The number of hydrogen-bond donors (Lipinski definition) is 4. The van der Waals surface area contributed by atoms with Crippen LogP contribution in [0.3, 0.4) is 0 Å². The highest BCUT2D eigenvalue weighted by Gasteiger charge is 2.43. The highest BCUT2D eigenvalue weighted by molar-refractivity contribution is 6.33. The van der Waals surface area contributed by atoms with Crippen molar-refractivity contribution >= 4 is 28.9 Å². The summed E-state index contributed by atoms with van der Waals surface area (Å²) in [6.07, 6.45) is 4.10. The van der Waals surface area contributed by atoms with E-state index in [1.165, 1.54) is 0 Å². The van der Waals surface area contributed by atoms with Gasteiger partial charge in [-0.2, -0.15) is 0 Å². The van der Waals surface area contributed by atoms with E-state index < -0.39 is 23.7 Å². The van der Waals surface area contributed by atoms with Crippen molar-refractivity contribution in [1.29, 1.82) is 0 Å². The summed E-state index contributed by atoms with van der Waals surface area (Å²) in [5.74, 6) is -2.26. The molecule has 0 fully saturated rings. The standard InChI is InChI=1S/C13H13ClN2O5/c14-7-4-8(17)11-9(12(7)16(20)21)5-2-1-3-6(5)10(15-11)13(18)19/h1-2,4-6,10,15,17,20-21H,3H2,(H,18,19)/p-1/t5-,6+,10+/m0/s1. The number of carboxylic acid groups (broad SMARTS) is 1. The maximum absolute atomic E-state index is 12.1. The number of carboxylic acids is 1. The van der Waals surface area contributed by atoms with E-state index in [0.717, 1.165) is 6.07 Å². The third-order valence-corrected chi connectivity index (χ3v) is 4.28. The van der Waals surface area contributed by atoms with E-state index in [9.17, 15) is 25.4 Å². The highest BCUT2D eigenvalue weighted by atomic mass is 35.5. The minimum Gasteiger partial charge on any atom is -0.871 e. The van der Waals surface area contributed by atoms with Gasteiger partial charge in [-0.05, 0) is 12.5 Å². The van der Waals surface area contributed by atoms with Crippen molar-refractivity contribution in [3.8, 4) is 5.75 Å². The first-order valence-corrected chi connectivity index (χ1v) is 6.67. The minimum atomic E-state index is -1.06. The van der Waals surface area contributed by atoms with E-state index in [1.54, 1.807) is 6.08 Å². The van der Waals surface area contributed by atoms with Crippen LogP contribution in [0.25, 0.3) is 0 Å². The second-order valence-corrected chi connectivity index (χ2v) is 5.50. The van der Waals surface area contributed by atoms with E-state index in [1.807, 2.05) is 6.08 Å². The number of carbonyl (C=O) groups is 1. The number of nitrogens with zero attached hydrogens (tertiary/aromatic N) is 1. The molecule has 0 unspecified atom stereocenters. The summed E-state index contributed by atoms with van der Waals surface area (Å²) < 4.78 is 0. The summed E-state index contributed by atoms with van der Waals surface area (Å²) in [5.41, 5.74) is 0.251. The molecule has 3 rings (SSSR count). The Bertz CT molecular complexity index is 646. The van der Waals surface area contributed by atoms with E-state index in [2.05, 4.69) is 5.32 Å². The van der Waals surface area contributed by atoms with Gasteiger partial charge in [0.2, 0.25) is 0 Å². The molecule has 0 saturated heterocycles. The van der Waals surface area contributed by atoms with Crippen LogP contribution in [0.4, 0.5) is 11.4 Å². The lowest BCUT2D eigenvalue weighted by atomic mass is 9.78. The summed E-state index contributed by atoms with van der Waals surface area (Å²) in [5, 5.41) is 42.6. The van der Waals surface area contributed by atoms with Crippen LogP contribution in [0.5, 0.6) is 5.75 Å². The Morgan fingerprint density at radius 3 is 2.81 bits per heavy atom. The molecule has 0 radical (unpaired) electrons. The molecule has 1 aliphatic heterocycles. The van der Waals surface area contributed by atoms with Gasteiger partial charge in [0.1, 0.15) is 11.7 Å². The summed E-state index contributed by atoms with van der Waals surface area (Å²) in [6.45, 7) is 0. The van der Waals surface area contributed by atoms with Crippen molar-refractivity contribution in [2.75, 3.05) is 10.5 Å². The second-order valence-electron chi connectivity index (χ2n) is 5.10. The lowest BCUT2D eigenvalue weighted by Crippen LogP contribution is -2.42. The van der Waals surface area contributed by atoms with Gasteiger partial charge in [-0.1, -0.05) is 29.5 Å². The number of allylic oxidation sites excluding steroid dienone is 2. The number of rotatable bonds is 2. The number of aliphatic carboxylic acids is 1. The van der Waals surface area contributed by atoms with Crippen molar-refractivity contribution in [3.05, 3.63) is 28.8 Å². The van der Waals surface area contributed by atoms with Crippen molar-refractivity contribution in [2.45, 2.75) is 18.4 Å². The molecular formula is C13H12ClN2O5-. The van der Waals surface area contributed by atoms with E-state index in [0.29, 0.717) is 12.0 Å². The fraction of sp³-hybridized carbons (Fsp3) is 0.308. The van der Waals surface area contributed by atoms with E-state index in [4.69, 9.17) is 11.6 Å². The van der Waals surface area contributed by atoms with Crippen molar-refractivity contribution in [3.63, 3.8) is 0 Å². The maximum Gasteiger partial charge on any atom is 0.326 e. The molecule has 1 aromatic carbocycles. The van der Waals surface area contributed by atoms with Crippen LogP contribution in [0, 0.1) is 5.92 Å². The predicted octanol–water partition coefficient (Wildman–Crippen LogP) is 1.54. The zero-order valence-corrected chi connectivity index (χ0v) is 11.4. The molecule has 0 amide bonds. The van der Waals surface area contributed by atoms with Gasteiger partial charge in [-0.25, -0.2) is 4.79 Å². The first-order chi connectivity index (χ1) is 9.91. The largest absolute Gasteiger partial charge is 0.871 e. The summed E-state index contributed by atoms with van der Waals surface area (Å²) in [7, 11) is 0. The summed E-state index contributed by atoms with van der Waals surface area (Å²) >= 11 is 5.92. The fourth-order valence-corrected chi connectivity index (χ4v) is 3.42. The molecule has 0 spiro atoms. The Morgan fingerprint density at radius 1 is 1.48 bits per heavy atom. The van der Waals surface area contributed by atoms with Crippen LogP contribution in [-0.4, -0.2) is 27.5 Å². The lowest BCUT2D eigenvalue weighted by Gasteiger charge is -2.38. The van der Waals surface area contributed by atoms with E-state index in [-0.39, 0.29) is 27.5 Å². The molecule has 3 atom stereocenters. The van der Waals surface area contributed by atoms with Crippen LogP contribution in [0.2, 0.25) is 5.02 Å². The Morgan fingerprint density at radius 2 is 2.19 bits per heavy atom. The average molecular weight is 312 g/mol. The third kappa shape index (κ3) is 2.01. The third-order valence-electron chi connectivity index (χ3n) is 4.00. The molecule has 0 aromatic heterocycles. The second kappa shape index (κ2) is 4.80. The Kier molecular flexibility index (Phi) is 3.20. The smallest absolute Gasteiger partial charge is 0.326 e. The molecule has 1 aromatic rings.